The van der Waals surface area contributed by atoms with Gasteiger partial charge in [0.15, 0.2) is 5.96 Å². The van der Waals surface area contributed by atoms with Crippen LogP contribution in [0.3, 0.4) is 0 Å². The van der Waals surface area contributed by atoms with E-state index in [-0.39, 0.29) is 5.92 Å². The third kappa shape index (κ3) is 5.48. The van der Waals surface area contributed by atoms with Gasteiger partial charge in [0.1, 0.15) is 11.5 Å². The number of nitrogens with zero attached hydrogens (tertiary/aromatic N) is 3. The summed E-state index contributed by atoms with van der Waals surface area (Å²) in [6, 6.07) is 26.8. The third-order valence-electron chi connectivity index (χ3n) is 4.52. The lowest BCUT2D eigenvalue weighted by Crippen LogP contribution is -2.23. The van der Waals surface area contributed by atoms with E-state index < -0.39 is 0 Å². The maximum absolute atomic E-state index is 6.06. The highest BCUT2D eigenvalue weighted by atomic mass is 16.5. The maximum atomic E-state index is 6.06. The Bertz CT molecular complexity index is 1140. The molecule has 3 aromatic carbocycles. The Morgan fingerprint density at radius 3 is 2.48 bits per heavy atom. The smallest absolute Gasteiger partial charge is 0.231 e. The van der Waals surface area contributed by atoms with Gasteiger partial charge in [0.2, 0.25) is 11.7 Å². The molecule has 156 valence electrons. The van der Waals surface area contributed by atoms with Gasteiger partial charge in [-0.25, -0.2) is 0 Å². The van der Waals surface area contributed by atoms with E-state index >= 15 is 0 Å². The van der Waals surface area contributed by atoms with Crippen molar-refractivity contribution in [3.05, 3.63) is 90.8 Å². The highest BCUT2D eigenvalue weighted by Crippen LogP contribution is 2.24. The van der Waals surface area contributed by atoms with Gasteiger partial charge >= 0.3 is 0 Å². The summed E-state index contributed by atoms with van der Waals surface area (Å²) >= 11 is 0. The summed E-state index contributed by atoms with van der Waals surface area (Å²) in [6.07, 6.45) is 0. The van der Waals surface area contributed by atoms with Gasteiger partial charge in [-0.15, -0.1) is 0 Å². The summed E-state index contributed by atoms with van der Waals surface area (Å²) in [5.74, 6) is 2.78. The second-order valence-electron chi connectivity index (χ2n) is 7.02. The average Bonchev–Trinajstić information content (AvgIpc) is 3.30. The first kappa shape index (κ1) is 20.2. The topological polar surface area (TPSA) is 98.6 Å². The second kappa shape index (κ2) is 9.58. The molecule has 0 spiro atoms. The molecule has 1 atom stereocenters. The molecule has 0 saturated carbocycles. The monoisotopic (exact) mass is 413 g/mol. The van der Waals surface area contributed by atoms with E-state index in [1.165, 1.54) is 0 Å². The summed E-state index contributed by atoms with van der Waals surface area (Å²) in [5, 5.41) is 7.14. The first-order valence-electron chi connectivity index (χ1n) is 9.96. The number of aliphatic imine (C=N–C) groups is 1. The van der Waals surface area contributed by atoms with Crippen molar-refractivity contribution in [1.29, 1.82) is 0 Å². The van der Waals surface area contributed by atoms with Crippen LogP contribution in [0.5, 0.6) is 11.5 Å². The van der Waals surface area contributed by atoms with Gasteiger partial charge in [-0.1, -0.05) is 66.7 Å². The van der Waals surface area contributed by atoms with Crippen LogP contribution < -0.4 is 15.8 Å². The zero-order chi connectivity index (χ0) is 21.5. The van der Waals surface area contributed by atoms with Gasteiger partial charge in [0, 0.05) is 17.3 Å². The van der Waals surface area contributed by atoms with E-state index in [1.807, 2.05) is 91.9 Å². The number of aromatic nitrogens is 2. The molecule has 0 fully saturated rings. The number of para-hydroxylation sites is 1. The van der Waals surface area contributed by atoms with Crippen LogP contribution in [-0.4, -0.2) is 22.6 Å². The zero-order valence-corrected chi connectivity index (χ0v) is 17.1. The first-order valence-corrected chi connectivity index (χ1v) is 9.96. The molecule has 0 aliphatic heterocycles. The van der Waals surface area contributed by atoms with Crippen LogP contribution in [-0.2, 0) is 0 Å². The van der Waals surface area contributed by atoms with Crippen molar-refractivity contribution in [2.75, 3.05) is 11.9 Å². The molecule has 31 heavy (non-hydrogen) atoms. The van der Waals surface area contributed by atoms with Gasteiger partial charge < -0.3 is 20.3 Å². The number of hydrogen-bond donors (Lipinski definition) is 2. The molecule has 4 rings (SSSR count). The largest absolute Gasteiger partial charge is 0.457 e. The van der Waals surface area contributed by atoms with Crippen LogP contribution in [0.1, 0.15) is 18.7 Å². The molecule has 1 aromatic heterocycles. The lowest BCUT2D eigenvalue weighted by Gasteiger charge is -2.10. The molecule has 0 amide bonds. The van der Waals surface area contributed by atoms with E-state index in [0.717, 1.165) is 17.0 Å². The second-order valence-corrected chi connectivity index (χ2v) is 7.02. The van der Waals surface area contributed by atoms with Crippen molar-refractivity contribution in [3.8, 4) is 22.9 Å². The molecule has 4 aromatic rings. The molecule has 3 N–H and O–H groups in total. The summed E-state index contributed by atoms with van der Waals surface area (Å²) in [6.45, 7) is 2.38. The normalized spacial score (nSPS) is 12.4. The van der Waals surface area contributed by atoms with E-state index in [4.69, 9.17) is 15.0 Å². The summed E-state index contributed by atoms with van der Waals surface area (Å²) in [4.78, 5) is 8.88. The maximum Gasteiger partial charge on any atom is 0.231 e. The predicted octanol–water partition coefficient (Wildman–Crippen LogP) is 5.06. The fraction of sp³-hybridized carbons (Fsp3) is 0.125. The van der Waals surface area contributed by atoms with Crippen molar-refractivity contribution in [1.82, 2.24) is 10.1 Å². The van der Waals surface area contributed by atoms with Crippen LogP contribution >= 0.6 is 0 Å². The van der Waals surface area contributed by atoms with Crippen molar-refractivity contribution in [2.24, 2.45) is 10.7 Å². The molecule has 7 heteroatoms. The highest BCUT2D eigenvalue weighted by Gasteiger charge is 2.15. The molecule has 1 unspecified atom stereocenters. The minimum absolute atomic E-state index is 0.0712. The Morgan fingerprint density at radius 1 is 1.00 bits per heavy atom. The Hall–Kier alpha value is -4.13. The molecule has 1 heterocycles. The van der Waals surface area contributed by atoms with Crippen molar-refractivity contribution < 1.29 is 9.26 Å². The first-order chi connectivity index (χ1) is 15.2. The van der Waals surface area contributed by atoms with Crippen LogP contribution in [0.4, 0.5) is 5.69 Å². The number of anilines is 1. The van der Waals surface area contributed by atoms with E-state index in [0.29, 0.717) is 30.0 Å². The zero-order valence-electron chi connectivity index (χ0n) is 17.1. The molecule has 0 radical (unpaired) electrons. The van der Waals surface area contributed by atoms with Crippen molar-refractivity contribution in [3.63, 3.8) is 0 Å². The predicted molar refractivity (Wildman–Crippen MR) is 121 cm³/mol. The van der Waals surface area contributed by atoms with Crippen molar-refractivity contribution >= 4 is 11.6 Å². The van der Waals surface area contributed by atoms with Gasteiger partial charge in [-0.2, -0.15) is 4.98 Å². The Morgan fingerprint density at radius 2 is 1.71 bits per heavy atom. The van der Waals surface area contributed by atoms with E-state index in [9.17, 15) is 0 Å². The number of ether oxygens (including phenoxy) is 1. The molecule has 0 saturated heterocycles. The number of hydrogen-bond acceptors (Lipinski definition) is 5. The van der Waals surface area contributed by atoms with Crippen LogP contribution in [0.25, 0.3) is 11.4 Å². The fourth-order valence-corrected chi connectivity index (χ4v) is 2.90. The summed E-state index contributed by atoms with van der Waals surface area (Å²) in [5.41, 5.74) is 7.76. The van der Waals surface area contributed by atoms with Crippen LogP contribution in [0.2, 0.25) is 0 Å². The summed E-state index contributed by atoms with van der Waals surface area (Å²) < 4.78 is 11.2. The Labute approximate surface area is 180 Å². The van der Waals surface area contributed by atoms with Gasteiger partial charge in [0.25, 0.3) is 0 Å². The van der Waals surface area contributed by atoms with E-state index in [2.05, 4.69) is 20.4 Å². The third-order valence-corrected chi connectivity index (χ3v) is 4.52. The Balaban J connectivity index is 1.36. The van der Waals surface area contributed by atoms with E-state index in [1.54, 1.807) is 0 Å². The Kier molecular flexibility index (Phi) is 6.23. The quantitative estimate of drug-likeness (QED) is 0.325. The minimum atomic E-state index is -0.0712. The van der Waals surface area contributed by atoms with Crippen LogP contribution in [0.15, 0.2) is 94.4 Å². The average molecular weight is 413 g/mol. The lowest BCUT2D eigenvalue weighted by atomic mass is 10.2. The fourth-order valence-electron chi connectivity index (χ4n) is 2.90. The van der Waals surface area contributed by atoms with Gasteiger partial charge in [-0.3, -0.25) is 4.99 Å². The minimum Gasteiger partial charge on any atom is -0.457 e. The summed E-state index contributed by atoms with van der Waals surface area (Å²) in [7, 11) is 0. The number of benzene rings is 3. The SMILES string of the molecule is CC(CN=C(N)Nc1cccc(Oc2ccccc2)c1)c1nc(-c2ccccc2)no1. The molecule has 0 aliphatic rings. The molecule has 0 bridgehead atoms. The number of nitrogens with two attached hydrogens (primary N) is 1. The molecular weight excluding hydrogens is 390 g/mol. The standard InChI is InChI=1S/C24H23N5O2/c1-17(23-28-22(29-31-23)18-9-4-2-5-10-18)16-26-24(25)27-19-11-8-14-21(15-19)30-20-12-6-3-7-13-20/h2-15,17H,16H2,1H3,(H3,25,26,27). The highest BCUT2D eigenvalue weighted by molar-refractivity contribution is 5.92. The number of guanidine groups is 1. The van der Waals surface area contributed by atoms with Gasteiger partial charge in [-0.05, 0) is 24.3 Å². The van der Waals surface area contributed by atoms with Crippen LogP contribution in [0, 0.1) is 0 Å². The lowest BCUT2D eigenvalue weighted by molar-refractivity contribution is 0.361. The van der Waals surface area contributed by atoms with Crippen molar-refractivity contribution in [2.45, 2.75) is 12.8 Å². The number of rotatable bonds is 7. The molecule has 0 aliphatic carbocycles. The molecule has 7 nitrogen and oxygen atoms in total. The number of nitrogens with one attached hydrogen (secondary N) is 1. The van der Waals surface area contributed by atoms with Gasteiger partial charge in [0.05, 0.1) is 12.5 Å². The molecular formula is C24H23N5O2.